The van der Waals surface area contributed by atoms with Crippen molar-refractivity contribution in [3.8, 4) is 5.75 Å². The van der Waals surface area contributed by atoms with Gasteiger partial charge >= 0.3 is 6.36 Å². The lowest BCUT2D eigenvalue weighted by atomic mass is 10.2. The highest BCUT2D eigenvalue weighted by Crippen LogP contribution is 2.28. The topological polar surface area (TPSA) is 50.8 Å². The number of hydrogen-bond acceptors (Lipinski definition) is 4. The predicted molar refractivity (Wildman–Crippen MR) is 59.4 cm³/mol. The molecule has 0 radical (unpaired) electrons. The number of anilines is 1. The van der Waals surface area contributed by atoms with Crippen molar-refractivity contribution in [1.29, 1.82) is 0 Å². The van der Waals surface area contributed by atoms with Gasteiger partial charge in [0.1, 0.15) is 12.5 Å². The molecule has 8 heteroatoms. The lowest BCUT2D eigenvalue weighted by Crippen LogP contribution is -2.36. The van der Waals surface area contributed by atoms with Crippen molar-refractivity contribution in [1.82, 2.24) is 5.32 Å². The minimum Gasteiger partial charge on any atom is -0.406 e. The molecule has 1 amide bonds. The van der Waals surface area contributed by atoms with Crippen LogP contribution in [0.5, 0.6) is 5.75 Å². The zero-order valence-corrected chi connectivity index (χ0v) is 9.90. The maximum atomic E-state index is 12.1. The Morgan fingerprint density at radius 1 is 1.47 bits per heavy atom. The SMILES string of the molecule is CNC1OCN(c2cccc(OC(F)(F)F)c2)C1=O. The molecule has 0 aromatic heterocycles. The van der Waals surface area contributed by atoms with E-state index >= 15 is 0 Å². The summed E-state index contributed by atoms with van der Waals surface area (Å²) in [6.07, 6.45) is -5.55. The Bertz CT molecular complexity index is 478. The molecule has 104 valence electrons. The number of rotatable bonds is 3. The summed E-state index contributed by atoms with van der Waals surface area (Å²) in [5.41, 5.74) is 0.282. The molecule has 1 atom stereocenters. The van der Waals surface area contributed by atoms with E-state index in [2.05, 4.69) is 10.1 Å². The van der Waals surface area contributed by atoms with Crippen molar-refractivity contribution in [2.24, 2.45) is 0 Å². The summed E-state index contributed by atoms with van der Waals surface area (Å²) in [6.45, 7) is -0.0280. The number of nitrogens with one attached hydrogen (secondary N) is 1. The summed E-state index contributed by atoms with van der Waals surface area (Å²) in [6, 6.07) is 5.17. The van der Waals surface area contributed by atoms with Gasteiger partial charge < -0.3 is 9.47 Å². The van der Waals surface area contributed by atoms with Crippen LogP contribution in [0.25, 0.3) is 0 Å². The number of benzene rings is 1. The molecule has 0 aliphatic carbocycles. The van der Waals surface area contributed by atoms with Gasteiger partial charge in [-0.3, -0.25) is 15.0 Å². The highest BCUT2D eigenvalue weighted by Gasteiger charge is 2.34. The fourth-order valence-corrected chi connectivity index (χ4v) is 1.68. The fourth-order valence-electron chi connectivity index (χ4n) is 1.68. The van der Waals surface area contributed by atoms with E-state index in [9.17, 15) is 18.0 Å². The molecule has 1 aromatic carbocycles. The molecule has 1 aromatic rings. The smallest absolute Gasteiger partial charge is 0.406 e. The molecule has 0 spiro atoms. The van der Waals surface area contributed by atoms with Crippen LogP contribution in [0.3, 0.4) is 0 Å². The highest BCUT2D eigenvalue weighted by molar-refractivity contribution is 5.97. The fraction of sp³-hybridized carbons (Fsp3) is 0.364. The first kappa shape index (κ1) is 13.6. The maximum Gasteiger partial charge on any atom is 0.573 e. The minimum atomic E-state index is -4.77. The second-order valence-electron chi connectivity index (χ2n) is 3.78. The first-order valence-electron chi connectivity index (χ1n) is 5.37. The van der Waals surface area contributed by atoms with Crippen LogP contribution in [0, 0.1) is 0 Å². The predicted octanol–water partition coefficient (Wildman–Crippen LogP) is 1.45. The minimum absolute atomic E-state index is 0.0280. The van der Waals surface area contributed by atoms with Crippen molar-refractivity contribution in [3.63, 3.8) is 0 Å². The van der Waals surface area contributed by atoms with Gasteiger partial charge in [-0.2, -0.15) is 0 Å². The Morgan fingerprint density at radius 3 is 2.79 bits per heavy atom. The molecular formula is C11H11F3N2O3. The van der Waals surface area contributed by atoms with E-state index in [0.29, 0.717) is 0 Å². The first-order valence-corrected chi connectivity index (χ1v) is 5.37. The van der Waals surface area contributed by atoms with Crippen LogP contribution in [0.2, 0.25) is 0 Å². The molecule has 1 fully saturated rings. The van der Waals surface area contributed by atoms with Gasteiger partial charge in [-0.15, -0.1) is 13.2 Å². The van der Waals surface area contributed by atoms with E-state index in [0.717, 1.165) is 12.1 Å². The maximum absolute atomic E-state index is 12.1. The molecule has 0 bridgehead atoms. The summed E-state index contributed by atoms with van der Waals surface area (Å²) in [4.78, 5) is 13.0. The van der Waals surface area contributed by atoms with Crippen LogP contribution < -0.4 is 15.0 Å². The van der Waals surface area contributed by atoms with E-state index < -0.39 is 12.6 Å². The average molecular weight is 276 g/mol. The van der Waals surface area contributed by atoms with Crippen molar-refractivity contribution < 1.29 is 27.4 Å². The lowest BCUT2D eigenvalue weighted by Gasteiger charge is -2.16. The first-order chi connectivity index (χ1) is 8.90. The van der Waals surface area contributed by atoms with E-state index in [-0.39, 0.29) is 24.1 Å². The van der Waals surface area contributed by atoms with Gasteiger partial charge in [0.2, 0.25) is 0 Å². The summed E-state index contributed by atoms with van der Waals surface area (Å²) < 4.78 is 45.2. The Balaban J connectivity index is 2.18. The van der Waals surface area contributed by atoms with Gasteiger partial charge in [-0.25, -0.2) is 0 Å². The second-order valence-corrected chi connectivity index (χ2v) is 3.78. The van der Waals surface area contributed by atoms with Crippen LogP contribution in [-0.2, 0) is 9.53 Å². The van der Waals surface area contributed by atoms with Crippen LogP contribution in [0.4, 0.5) is 18.9 Å². The van der Waals surface area contributed by atoms with E-state index in [4.69, 9.17) is 4.74 Å². The van der Waals surface area contributed by atoms with Gasteiger partial charge in [0.25, 0.3) is 5.91 Å². The van der Waals surface area contributed by atoms with Gasteiger partial charge in [0, 0.05) is 11.8 Å². The molecule has 1 aliphatic heterocycles. The van der Waals surface area contributed by atoms with E-state index in [1.54, 1.807) is 7.05 Å². The van der Waals surface area contributed by atoms with Crippen molar-refractivity contribution >= 4 is 11.6 Å². The van der Waals surface area contributed by atoms with Crippen molar-refractivity contribution in [2.75, 3.05) is 18.7 Å². The highest BCUT2D eigenvalue weighted by atomic mass is 19.4. The molecule has 5 nitrogen and oxygen atoms in total. The lowest BCUT2D eigenvalue weighted by molar-refractivity contribution is -0.274. The van der Waals surface area contributed by atoms with Crippen LogP contribution in [-0.4, -0.2) is 32.3 Å². The van der Waals surface area contributed by atoms with Gasteiger partial charge in [-0.05, 0) is 19.2 Å². The quantitative estimate of drug-likeness (QED) is 0.908. The number of likely N-dealkylation sites (N-methyl/N-ethyl adjacent to an activating group) is 1. The van der Waals surface area contributed by atoms with E-state index in [1.165, 1.54) is 17.0 Å². The number of carbonyl (C=O) groups excluding carboxylic acids is 1. The zero-order chi connectivity index (χ0) is 14.0. The largest absolute Gasteiger partial charge is 0.573 e. The summed E-state index contributed by atoms with van der Waals surface area (Å²) in [5, 5.41) is 2.64. The molecule has 1 N–H and O–H groups in total. The molecule has 1 aliphatic rings. The van der Waals surface area contributed by atoms with Crippen LogP contribution in [0.1, 0.15) is 0 Å². The summed E-state index contributed by atoms with van der Waals surface area (Å²) >= 11 is 0. The van der Waals surface area contributed by atoms with E-state index in [1.807, 2.05) is 0 Å². The Hall–Kier alpha value is -1.80. The summed E-state index contributed by atoms with van der Waals surface area (Å²) in [5.74, 6) is -0.752. The third kappa shape index (κ3) is 3.15. The number of alkyl halides is 3. The molecule has 19 heavy (non-hydrogen) atoms. The third-order valence-corrected chi connectivity index (χ3v) is 2.49. The van der Waals surface area contributed by atoms with Gasteiger partial charge in [0.05, 0.1) is 0 Å². The Morgan fingerprint density at radius 2 is 2.21 bits per heavy atom. The second kappa shape index (κ2) is 5.06. The average Bonchev–Trinajstić information content (AvgIpc) is 2.68. The molecule has 0 saturated carbocycles. The van der Waals surface area contributed by atoms with Crippen LogP contribution in [0.15, 0.2) is 24.3 Å². The number of halogens is 3. The molecule has 2 rings (SSSR count). The molecule has 1 saturated heterocycles. The molecule has 1 unspecified atom stereocenters. The standard InChI is InChI=1S/C11H11F3N2O3/c1-15-9-10(17)16(6-18-9)7-3-2-4-8(5-7)19-11(12,13)14/h2-5,9,15H,6H2,1H3. The monoisotopic (exact) mass is 276 g/mol. The Kier molecular flexibility index (Phi) is 3.63. The Labute approximate surface area is 106 Å². The summed E-state index contributed by atoms with van der Waals surface area (Å²) in [7, 11) is 1.55. The van der Waals surface area contributed by atoms with Gasteiger partial charge in [0.15, 0.2) is 6.23 Å². The molecular weight excluding hydrogens is 265 g/mol. The van der Waals surface area contributed by atoms with Gasteiger partial charge in [-0.1, -0.05) is 6.07 Å². The number of nitrogens with zero attached hydrogens (tertiary/aromatic N) is 1. The normalized spacial score (nSPS) is 19.9. The van der Waals surface area contributed by atoms with Crippen molar-refractivity contribution in [3.05, 3.63) is 24.3 Å². The number of hydrogen-bond donors (Lipinski definition) is 1. The third-order valence-electron chi connectivity index (χ3n) is 2.49. The number of ether oxygens (including phenoxy) is 2. The number of carbonyl (C=O) groups is 1. The zero-order valence-electron chi connectivity index (χ0n) is 9.90. The molecule has 1 heterocycles. The number of amides is 1. The van der Waals surface area contributed by atoms with Crippen molar-refractivity contribution in [2.45, 2.75) is 12.6 Å². The van der Waals surface area contributed by atoms with Crippen LogP contribution >= 0.6 is 0 Å².